The van der Waals surface area contributed by atoms with Crippen LogP contribution in [0.15, 0.2) is 0 Å². The van der Waals surface area contributed by atoms with Gasteiger partial charge in [0.25, 0.3) is 0 Å². The minimum absolute atomic E-state index is 0.592. The number of hydrogen-bond donors (Lipinski definition) is 1. The van der Waals surface area contributed by atoms with Crippen molar-refractivity contribution >= 4 is 11.8 Å². The normalized spacial score (nSPS) is 41.8. The minimum atomic E-state index is 0.592. The van der Waals surface area contributed by atoms with E-state index in [0.29, 0.717) is 5.41 Å². The molecular formula is C12H23NS. The van der Waals surface area contributed by atoms with Crippen LogP contribution in [-0.4, -0.2) is 23.1 Å². The van der Waals surface area contributed by atoms with E-state index in [1.54, 1.807) is 0 Å². The molecule has 0 radical (unpaired) electrons. The van der Waals surface area contributed by atoms with E-state index in [0.717, 1.165) is 17.3 Å². The van der Waals surface area contributed by atoms with Crippen LogP contribution in [0.1, 0.15) is 46.5 Å². The number of rotatable bonds is 1. The summed E-state index contributed by atoms with van der Waals surface area (Å²) in [6.07, 6.45) is 5.49. The average Bonchev–Trinajstić information content (AvgIpc) is 2.16. The van der Waals surface area contributed by atoms with Crippen LogP contribution in [-0.2, 0) is 0 Å². The second-order valence-corrected chi connectivity index (χ2v) is 6.93. The summed E-state index contributed by atoms with van der Waals surface area (Å²) in [5.41, 5.74) is 0.592. The highest BCUT2D eigenvalue weighted by molar-refractivity contribution is 8.00. The second kappa shape index (κ2) is 4.05. The van der Waals surface area contributed by atoms with Gasteiger partial charge in [0.2, 0.25) is 0 Å². The Morgan fingerprint density at radius 3 is 2.93 bits per heavy atom. The summed E-state index contributed by atoms with van der Waals surface area (Å²) >= 11 is 2.22. The maximum atomic E-state index is 3.82. The molecule has 1 N–H and O–H groups in total. The van der Waals surface area contributed by atoms with Gasteiger partial charge in [0.15, 0.2) is 0 Å². The van der Waals surface area contributed by atoms with Crippen LogP contribution in [0.3, 0.4) is 0 Å². The largest absolute Gasteiger partial charge is 0.309 e. The molecule has 3 atom stereocenters. The van der Waals surface area contributed by atoms with Gasteiger partial charge in [0.05, 0.1) is 0 Å². The Morgan fingerprint density at radius 2 is 2.21 bits per heavy atom. The predicted molar refractivity (Wildman–Crippen MR) is 64.9 cm³/mol. The van der Waals surface area contributed by atoms with Crippen molar-refractivity contribution in [1.82, 2.24) is 5.32 Å². The molecule has 1 aliphatic heterocycles. The molecule has 0 spiro atoms. The third-order valence-corrected chi connectivity index (χ3v) is 5.31. The lowest BCUT2D eigenvalue weighted by atomic mass is 9.75. The van der Waals surface area contributed by atoms with Crippen molar-refractivity contribution in [2.24, 2.45) is 5.41 Å². The van der Waals surface area contributed by atoms with Gasteiger partial charge in [-0.05, 0) is 31.1 Å². The molecule has 0 aromatic rings. The Kier molecular flexibility index (Phi) is 3.13. The van der Waals surface area contributed by atoms with Crippen LogP contribution in [0, 0.1) is 5.41 Å². The number of nitrogens with one attached hydrogen (secondary N) is 1. The number of fused-ring (bicyclic) bond motifs is 1. The smallest absolute Gasteiger partial charge is 0.0206 e. The monoisotopic (exact) mass is 213 g/mol. The Morgan fingerprint density at radius 1 is 1.43 bits per heavy atom. The van der Waals surface area contributed by atoms with Crippen LogP contribution in [0.4, 0.5) is 0 Å². The van der Waals surface area contributed by atoms with Crippen molar-refractivity contribution in [3.63, 3.8) is 0 Å². The molecule has 2 heteroatoms. The van der Waals surface area contributed by atoms with Gasteiger partial charge in [0.1, 0.15) is 0 Å². The van der Waals surface area contributed by atoms with Gasteiger partial charge in [-0.1, -0.05) is 20.8 Å². The van der Waals surface area contributed by atoms with E-state index < -0.39 is 0 Å². The van der Waals surface area contributed by atoms with E-state index in [1.165, 1.54) is 31.4 Å². The van der Waals surface area contributed by atoms with E-state index in [-0.39, 0.29) is 0 Å². The lowest BCUT2D eigenvalue weighted by Gasteiger charge is -2.45. The zero-order valence-corrected chi connectivity index (χ0v) is 10.5. The van der Waals surface area contributed by atoms with Crippen molar-refractivity contribution in [2.75, 3.05) is 5.75 Å². The molecule has 2 aliphatic rings. The van der Waals surface area contributed by atoms with Crippen LogP contribution in [0.2, 0.25) is 0 Å². The standard InChI is InChI=1S/C12H23NS/c1-4-9-8-14-11-7-12(2,3)6-5-10(11)13-9/h9-11,13H,4-8H2,1-3H3. The first-order chi connectivity index (χ1) is 6.61. The molecule has 2 fully saturated rings. The molecule has 1 aliphatic carbocycles. The first kappa shape index (κ1) is 10.8. The van der Waals surface area contributed by atoms with Gasteiger partial charge in [0, 0.05) is 23.1 Å². The lowest BCUT2D eigenvalue weighted by Crippen LogP contribution is -2.53. The molecule has 82 valence electrons. The highest BCUT2D eigenvalue weighted by Gasteiger charge is 2.38. The number of thioether (sulfide) groups is 1. The highest BCUT2D eigenvalue weighted by Crippen LogP contribution is 2.42. The summed E-state index contributed by atoms with van der Waals surface area (Å²) in [6, 6.07) is 1.59. The first-order valence-electron chi connectivity index (χ1n) is 5.98. The molecule has 1 saturated carbocycles. The fraction of sp³-hybridized carbons (Fsp3) is 1.00. The SMILES string of the molecule is CCC1CSC2CC(C)(C)CCC2N1. The van der Waals surface area contributed by atoms with Crippen molar-refractivity contribution in [3.05, 3.63) is 0 Å². The van der Waals surface area contributed by atoms with Gasteiger partial charge in [-0.25, -0.2) is 0 Å². The Balaban J connectivity index is 1.94. The van der Waals surface area contributed by atoms with Gasteiger partial charge in [-0.2, -0.15) is 11.8 Å². The minimum Gasteiger partial charge on any atom is -0.309 e. The van der Waals surface area contributed by atoms with Crippen LogP contribution >= 0.6 is 11.8 Å². The van der Waals surface area contributed by atoms with Crippen molar-refractivity contribution in [2.45, 2.75) is 63.8 Å². The summed E-state index contributed by atoms with van der Waals surface area (Å²) in [5.74, 6) is 1.33. The van der Waals surface area contributed by atoms with Gasteiger partial charge in [-0.15, -0.1) is 0 Å². The van der Waals surface area contributed by atoms with Gasteiger partial charge >= 0.3 is 0 Å². The van der Waals surface area contributed by atoms with Gasteiger partial charge in [-0.3, -0.25) is 0 Å². The molecule has 0 bridgehead atoms. The summed E-state index contributed by atoms with van der Waals surface area (Å²) in [6.45, 7) is 7.15. The van der Waals surface area contributed by atoms with E-state index in [9.17, 15) is 0 Å². The van der Waals surface area contributed by atoms with Gasteiger partial charge < -0.3 is 5.32 Å². The third-order valence-electron chi connectivity index (χ3n) is 3.79. The van der Waals surface area contributed by atoms with E-state index in [1.807, 2.05) is 0 Å². The summed E-state index contributed by atoms with van der Waals surface area (Å²) < 4.78 is 0. The van der Waals surface area contributed by atoms with Crippen molar-refractivity contribution in [1.29, 1.82) is 0 Å². The lowest BCUT2D eigenvalue weighted by molar-refractivity contribution is 0.201. The summed E-state index contributed by atoms with van der Waals surface area (Å²) in [4.78, 5) is 0. The second-order valence-electron chi connectivity index (χ2n) is 5.66. The highest BCUT2D eigenvalue weighted by atomic mass is 32.2. The van der Waals surface area contributed by atoms with Crippen molar-refractivity contribution < 1.29 is 0 Å². The average molecular weight is 213 g/mol. The maximum Gasteiger partial charge on any atom is 0.0206 e. The molecule has 2 rings (SSSR count). The Hall–Kier alpha value is 0.310. The van der Waals surface area contributed by atoms with Crippen LogP contribution < -0.4 is 5.32 Å². The first-order valence-corrected chi connectivity index (χ1v) is 7.03. The van der Waals surface area contributed by atoms with E-state index >= 15 is 0 Å². The molecular weight excluding hydrogens is 190 g/mol. The molecule has 1 saturated heterocycles. The van der Waals surface area contributed by atoms with Crippen molar-refractivity contribution in [3.8, 4) is 0 Å². The molecule has 1 nitrogen and oxygen atoms in total. The van der Waals surface area contributed by atoms with E-state index in [4.69, 9.17) is 0 Å². The Bertz CT molecular complexity index is 202. The zero-order valence-electron chi connectivity index (χ0n) is 9.68. The molecule has 14 heavy (non-hydrogen) atoms. The zero-order chi connectivity index (χ0) is 10.2. The van der Waals surface area contributed by atoms with E-state index in [2.05, 4.69) is 37.8 Å². The summed E-state index contributed by atoms with van der Waals surface area (Å²) in [5, 5.41) is 4.71. The molecule has 3 unspecified atom stereocenters. The molecule has 0 aromatic carbocycles. The maximum absolute atomic E-state index is 3.82. The molecule has 0 amide bonds. The predicted octanol–water partition coefficient (Wildman–Crippen LogP) is 3.05. The van der Waals surface area contributed by atoms with Crippen LogP contribution in [0.25, 0.3) is 0 Å². The molecule has 0 aromatic heterocycles. The molecule has 1 heterocycles. The van der Waals surface area contributed by atoms with Crippen LogP contribution in [0.5, 0.6) is 0 Å². The Labute approximate surface area is 92.4 Å². The fourth-order valence-corrected chi connectivity index (χ4v) is 4.54. The topological polar surface area (TPSA) is 12.0 Å². The summed E-state index contributed by atoms with van der Waals surface area (Å²) in [7, 11) is 0. The number of hydrogen-bond acceptors (Lipinski definition) is 2. The third kappa shape index (κ3) is 2.27. The fourth-order valence-electron chi connectivity index (χ4n) is 2.71. The quantitative estimate of drug-likeness (QED) is 0.718.